The highest BCUT2D eigenvalue weighted by atomic mass is 35.5. The van der Waals surface area contributed by atoms with E-state index in [9.17, 15) is 22.8 Å². The van der Waals surface area contributed by atoms with Crippen LogP contribution in [-0.4, -0.2) is 29.2 Å². The Kier molecular flexibility index (Phi) is 5.65. The molecule has 0 aromatic heterocycles. The summed E-state index contributed by atoms with van der Waals surface area (Å²) in [4.78, 5) is 21.9. The Morgan fingerprint density at radius 3 is 2.45 bits per heavy atom. The highest BCUT2D eigenvalue weighted by molar-refractivity contribution is 6.33. The standard InChI is InChI=1S/C13H14ClF3N2O3/c1-6(19-12(22)13(15,16)17)8(5-11(20)21)7-2-3-9(14)10(18)4-7/h2-4,6,8H,5,18H2,1H3,(H,19,22)(H,20,21)/t6?,8-/m0/s1. The first-order valence-corrected chi connectivity index (χ1v) is 6.54. The number of alkyl halides is 3. The van der Waals surface area contributed by atoms with E-state index in [4.69, 9.17) is 22.4 Å². The zero-order chi connectivity index (χ0) is 17.1. The normalized spacial score (nSPS) is 14.2. The van der Waals surface area contributed by atoms with Gasteiger partial charge in [-0.2, -0.15) is 13.2 Å². The van der Waals surface area contributed by atoms with Gasteiger partial charge in [0.05, 0.1) is 17.1 Å². The number of nitrogens with two attached hydrogens (primary N) is 1. The molecule has 0 bridgehead atoms. The Hall–Kier alpha value is -1.96. The van der Waals surface area contributed by atoms with Gasteiger partial charge in [-0.05, 0) is 24.6 Å². The number of carbonyl (C=O) groups is 2. The van der Waals surface area contributed by atoms with E-state index in [-0.39, 0.29) is 10.7 Å². The molecule has 0 saturated heterocycles. The van der Waals surface area contributed by atoms with Crippen molar-refractivity contribution >= 4 is 29.2 Å². The average Bonchev–Trinajstić information content (AvgIpc) is 2.37. The van der Waals surface area contributed by atoms with Crippen LogP contribution in [0.5, 0.6) is 0 Å². The van der Waals surface area contributed by atoms with Gasteiger partial charge in [-0.1, -0.05) is 17.7 Å². The third-order valence-corrected chi connectivity index (χ3v) is 3.41. The van der Waals surface area contributed by atoms with Crippen molar-refractivity contribution in [2.75, 3.05) is 5.73 Å². The quantitative estimate of drug-likeness (QED) is 0.719. The molecule has 0 aliphatic carbocycles. The first-order chi connectivity index (χ1) is 10.0. The number of carbonyl (C=O) groups excluding carboxylic acids is 1. The van der Waals surface area contributed by atoms with Crippen LogP contribution in [0.2, 0.25) is 5.02 Å². The summed E-state index contributed by atoms with van der Waals surface area (Å²) >= 11 is 5.75. The second kappa shape index (κ2) is 6.87. The lowest BCUT2D eigenvalue weighted by Crippen LogP contribution is -2.44. The molecule has 22 heavy (non-hydrogen) atoms. The van der Waals surface area contributed by atoms with E-state index in [1.165, 1.54) is 25.1 Å². The number of rotatable bonds is 5. The second-order valence-electron chi connectivity index (χ2n) is 4.75. The summed E-state index contributed by atoms with van der Waals surface area (Å²) in [7, 11) is 0. The number of nitrogens with one attached hydrogen (secondary N) is 1. The van der Waals surface area contributed by atoms with Crippen LogP contribution in [0, 0.1) is 0 Å². The first kappa shape index (κ1) is 18.1. The fraction of sp³-hybridized carbons (Fsp3) is 0.385. The molecule has 1 amide bonds. The Bertz CT molecular complexity index is 578. The molecule has 1 aromatic rings. The maximum Gasteiger partial charge on any atom is 0.471 e. The molecule has 0 saturated carbocycles. The molecule has 0 heterocycles. The van der Waals surface area contributed by atoms with Gasteiger partial charge in [-0.25, -0.2) is 0 Å². The molecular weight excluding hydrogens is 325 g/mol. The van der Waals surface area contributed by atoms with Gasteiger partial charge >= 0.3 is 18.1 Å². The molecule has 2 atom stereocenters. The summed E-state index contributed by atoms with van der Waals surface area (Å²) in [6.45, 7) is 1.29. The molecule has 1 rings (SSSR count). The highest BCUT2D eigenvalue weighted by Gasteiger charge is 2.40. The SMILES string of the molecule is CC(NC(=O)C(F)(F)F)[C@H](CC(=O)O)c1ccc(Cl)c(N)c1. The van der Waals surface area contributed by atoms with E-state index in [1.807, 2.05) is 0 Å². The van der Waals surface area contributed by atoms with E-state index in [1.54, 1.807) is 5.32 Å². The number of hydrogen-bond acceptors (Lipinski definition) is 3. The maximum absolute atomic E-state index is 12.3. The summed E-state index contributed by atoms with van der Waals surface area (Å²) < 4.78 is 36.9. The number of nitrogen functional groups attached to an aromatic ring is 1. The molecule has 0 radical (unpaired) electrons. The van der Waals surface area contributed by atoms with Gasteiger partial charge in [-0.3, -0.25) is 9.59 Å². The number of halogens is 4. The summed E-state index contributed by atoms with van der Waals surface area (Å²) in [6, 6.07) is 3.19. The number of amides is 1. The van der Waals surface area contributed by atoms with Crippen molar-refractivity contribution in [1.29, 1.82) is 0 Å². The molecule has 1 aromatic carbocycles. The molecule has 0 aliphatic heterocycles. The van der Waals surface area contributed by atoms with Gasteiger partial charge in [0, 0.05) is 12.0 Å². The topological polar surface area (TPSA) is 92.4 Å². The molecule has 5 nitrogen and oxygen atoms in total. The van der Waals surface area contributed by atoms with Crippen LogP contribution in [-0.2, 0) is 9.59 Å². The Balaban J connectivity index is 3.04. The molecule has 9 heteroatoms. The molecule has 4 N–H and O–H groups in total. The summed E-state index contributed by atoms with van der Waals surface area (Å²) in [5.41, 5.74) is 6.16. The number of carboxylic acid groups (broad SMARTS) is 1. The van der Waals surface area contributed by atoms with Gasteiger partial charge in [-0.15, -0.1) is 0 Å². The van der Waals surface area contributed by atoms with E-state index < -0.39 is 36.4 Å². The fourth-order valence-electron chi connectivity index (χ4n) is 1.95. The minimum atomic E-state index is -5.04. The van der Waals surface area contributed by atoms with Crippen LogP contribution < -0.4 is 11.1 Å². The van der Waals surface area contributed by atoms with Crippen molar-refractivity contribution in [3.63, 3.8) is 0 Å². The third-order valence-electron chi connectivity index (χ3n) is 3.06. The maximum atomic E-state index is 12.3. The number of anilines is 1. The lowest BCUT2D eigenvalue weighted by Gasteiger charge is -2.25. The Morgan fingerprint density at radius 1 is 1.41 bits per heavy atom. The lowest BCUT2D eigenvalue weighted by molar-refractivity contribution is -0.174. The van der Waals surface area contributed by atoms with Gasteiger partial charge in [0.15, 0.2) is 0 Å². The van der Waals surface area contributed by atoms with Gasteiger partial charge < -0.3 is 16.2 Å². The minimum Gasteiger partial charge on any atom is -0.481 e. The predicted molar refractivity (Wildman–Crippen MR) is 74.5 cm³/mol. The first-order valence-electron chi connectivity index (χ1n) is 6.16. The second-order valence-corrected chi connectivity index (χ2v) is 5.15. The van der Waals surface area contributed by atoms with E-state index >= 15 is 0 Å². The fourth-order valence-corrected chi connectivity index (χ4v) is 2.07. The molecule has 0 fully saturated rings. The van der Waals surface area contributed by atoms with Crippen LogP contribution in [0.15, 0.2) is 18.2 Å². The predicted octanol–water partition coefficient (Wildman–Crippen LogP) is 2.55. The van der Waals surface area contributed by atoms with Crippen LogP contribution in [0.3, 0.4) is 0 Å². The van der Waals surface area contributed by atoms with Crippen LogP contribution in [0.1, 0.15) is 24.8 Å². The van der Waals surface area contributed by atoms with Crippen LogP contribution >= 0.6 is 11.6 Å². The van der Waals surface area contributed by atoms with Crippen molar-refractivity contribution in [2.45, 2.75) is 31.5 Å². The number of aliphatic carboxylic acids is 1. The summed E-state index contributed by atoms with van der Waals surface area (Å²) in [5.74, 6) is -4.23. The van der Waals surface area contributed by atoms with Gasteiger partial charge in [0.2, 0.25) is 0 Å². The van der Waals surface area contributed by atoms with E-state index in [0.29, 0.717) is 5.56 Å². The Morgan fingerprint density at radius 2 is 2.00 bits per heavy atom. The number of benzene rings is 1. The molecule has 0 aliphatic rings. The largest absolute Gasteiger partial charge is 0.481 e. The molecular formula is C13H14ClF3N2O3. The van der Waals surface area contributed by atoms with Crippen molar-refractivity contribution in [3.05, 3.63) is 28.8 Å². The van der Waals surface area contributed by atoms with E-state index in [2.05, 4.69) is 0 Å². The van der Waals surface area contributed by atoms with Crippen molar-refractivity contribution in [1.82, 2.24) is 5.32 Å². The number of carboxylic acids is 1. The van der Waals surface area contributed by atoms with Crippen molar-refractivity contribution in [3.8, 4) is 0 Å². The molecule has 0 spiro atoms. The highest BCUT2D eigenvalue weighted by Crippen LogP contribution is 2.29. The number of hydrogen-bond donors (Lipinski definition) is 3. The zero-order valence-electron chi connectivity index (χ0n) is 11.4. The monoisotopic (exact) mass is 338 g/mol. The zero-order valence-corrected chi connectivity index (χ0v) is 12.2. The molecule has 122 valence electrons. The van der Waals surface area contributed by atoms with Crippen LogP contribution in [0.4, 0.5) is 18.9 Å². The summed E-state index contributed by atoms with van der Waals surface area (Å²) in [5, 5.41) is 10.9. The summed E-state index contributed by atoms with van der Waals surface area (Å²) in [6.07, 6.45) is -5.51. The minimum absolute atomic E-state index is 0.170. The smallest absolute Gasteiger partial charge is 0.471 e. The van der Waals surface area contributed by atoms with Crippen LogP contribution in [0.25, 0.3) is 0 Å². The lowest BCUT2D eigenvalue weighted by atomic mass is 9.89. The molecule has 1 unspecified atom stereocenters. The van der Waals surface area contributed by atoms with Gasteiger partial charge in [0.1, 0.15) is 0 Å². The van der Waals surface area contributed by atoms with E-state index in [0.717, 1.165) is 0 Å². The van der Waals surface area contributed by atoms with Gasteiger partial charge in [0.25, 0.3) is 0 Å². The average molecular weight is 339 g/mol. The third kappa shape index (κ3) is 4.80. The van der Waals surface area contributed by atoms with Crippen molar-refractivity contribution < 1.29 is 27.9 Å². The van der Waals surface area contributed by atoms with Crippen molar-refractivity contribution in [2.24, 2.45) is 0 Å². The Labute approximate surface area is 129 Å².